The number of nitrogens with one attached hydrogen (secondary N) is 2. The number of nitrogens with zero attached hydrogens (tertiary/aromatic N) is 1. The molecule has 0 bridgehead atoms. The van der Waals surface area contributed by atoms with E-state index in [0.29, 0.717) is 16.6 Å². The van der Waals surface area contributed by atoms with Crippen molar-refractivity contribution in [2.45, 2.75) is 13.3 Å². The molecule has 1 aliphatic rings. The Morgan fingerprint density at radius 3 is 2.96 bits per heavy atom. The topological polar surface area (TPSA) is 54.0 Å². The number of benzene rings is 2. The lowest BCUT2D eigenvalue weighted by molar-refractivity contribution is -0.117. The second-order valence-corrected chi connectivity index (χ2v) is 7.81. The first kappa shape index (κ1) is 17.1. The van der Waals surface area contributed by atoms with Gasteiger partial charge in [0.25, 0.3) is 0 Å². The summed E-state index contributed by atoms with van der Waals surface area (Å²) in [6.45, 7) is 2.77. The maximum atomic E-state index is 14.2. The third kappa shape index (κ3) is 3.22. The van der Waals surface area contributed by atoms with E-state index in [1.54, 1.807) is 6.07 Å². The van der Waals surface area contributed by atoms with Crippen LogP contribution in [0.3, 0.4) is 0 Å². The molecule has 1 amide bonds. The number of thiazole rings is 1. The molecule has 0 aliphatic heterocycles. The van der Waals surface area contributed by atoms with Crippen molar-refractivity contribution >= 4 is 32.6 Å². The van der Waals surface area contributed by atoms with Crippen LogP contribution in [0.5, 0.6) is 0 Å². The van der Waals surface area contributed by atoms with E-state index in [1.165, 1.54) is 17.4 Å². The Labute approximate surface area is 155 Å². The summed E-state index contributed by atoms with van der Waals surface area (Å²) in [5.41, 5.74) is 3.14. The molecule has 1 heterocycles. The summed E-state index contributed by atoms with van der Waals surface area (Å²) >= 11 is 1.42. The number of hydrogen-bond acceptors (Lipinski definition) is 4. The van der Waals surface area contributed by atoms with Crippen LogP contribution in [0.4, 0.5) is 9.52 Å². The highest BCUT2D eigenvalue weighted by atomic mass is 32.1. The summed E-state index contributed by atoms with van der Waals surface area (Å²) in [4.78, 5) is 16.8. The average Bonchev–Trinajstić information content (AvgIpc) is 3.25. The minimum absolute atomic E-state index is 0.0366. The van der Waals surface area contributed by atoms with Gasteiger partial charge in [-0.05, 0) is 62.2 Å². The highest BCUT2D eigenvalue weighted by Crippen LogP contribution is 2.39. The van der Waals surface area contributed by atoms with E-state index in [1.807, 2.05) is 38.2 Å². The minimum atomic E-state index is -0.230. The summed E-state index contributed by atoms with van der Waals surface area (Å²) in [5.74, 6) is 0.303. The quantitative estimate of drug-likeness (QED) is 0.708. The number of carbonyl (C=O) groups excluding carboxylic acids is 1. The first-order valence-corrected chi connectivity index (χ1v) is 9.50. The van der Waals surface area contributed by atoms with Gasteiger partial charge < -0.3 is 10.6 Å². The van der Waals surface area contributed by atoms with Gasteiger partial charge in [0.2, 0.25) is 5.91 Å². The summed E-state index contributed by atoms with van der Waals surface area (Å²) in [6, 6.07) is 10.8. The molecule has 4 nitrogen and oxygen atoms in total. The molecule has 26 heavy (non-hydrogen) atoms. The maximum Gasteiger partial charge on any atom is 0.229 e. The third-order valence-electron chi connectivity index (χ3n) is 4.85. The first-order chi connectivity index (χ1) is 12.6. The van der Waals surface area contributed by atoms with Crippen molar-refractivity contribution in [1.82, 2.24) is 10.3 Å². The Morgan fingerprint density at radius 2 is 2.19 bits per heavy atom. The molecule has 0 spiro atoms. The van der Waals surface area contributed by atoms with Crippen LogP contribution in [0.15, 0.2) is 36.4 Å². The molecule has 134 valence electrons. The second-order valence-electron chi connectivity index (χ2n) is 6.78. The molecule has 1 aromatic heterocycles. The summed E-state index contributed by atoms with van der Waals surface area (Å²) in [6.07, 6.45) is 0.925. The van der Waals surface area contributed by atoms with Gasteiger partial charge >= 0.3 is 0 Å². The van der Waals surface area contributed by atoms with E-state index >= 15 is 0 Å². The average molecular weight is 369 g/mol. The Kier molecular flexibility index (Phi) is 4.46. The Balaban J connectivity index is 1.58. The van der Waals surface area contributed by atoms with Crippen molar-refractivity contribution in [3.05, 3.63) is 47.8 Å². The molecule has 0 saturated heterocycles. The standard InChI is InChI=1S/C20H20FN3OS/c1-11-4-3-5-15(21)18(11)12-6-7-16-17(9-12)26-20(23-16)24-19(25)14-8-13(14)10-22-2/h3-7,9,13-14,22H,8,10H2,1-2H3,(H,23,24,25). The number of aromatic nitrogens is 1. The normalized spacial score (nSPS) is 18.9. The van der Waals surface area contributed by atoms with Gasteiger partial charge in [-0.3, -0.25) is 4.79 Å². The number of amides is 1. The van der Waals surface area contributed by atoms with Crippen molar-refractivity contribution in [3.63, 3.8) is 0 Å². The smallest absolute Gasteiger partial charge is 0.229 e. The predicted molar refractivity (Wildman–Crippen MR) is 104 cm³/mol. The van der Waals surface area contributed by atoms with Gasteiger partial charge in [-0.25, -0.2) is 9.37 Å². The number of fused-ring (bicyclic) bond motifs is 1. The van der Waals surface area contributed by atoms with Crippen LogP contribution in [-0.4, -0.2) is 24.5 Å². The minimum Gasteiger partial charge on any atom is -0.319 e. The van der Waals surface area contributed by atoms with Gasteiger partial charge in [0.05, 0.1) is 10.2 Å². The molecule has 1 aliphatic carbocycles. The molecule has 2 unspecified atom stereocenters. The SMILES string of the molecule is CNCC1CC1C(=O)Nc1nc2ccc(-c3c(C)cccc3F)cc2s1. The molecule has 2 N–H and O–H groups in total. The fraction of sp³-hybridized carbons (Fsp3) is 0.300. The molecule has 2 atom stereocenters. The van der Waals surface area contributed by atoms with Gasteiger partial charge in [0, 0.05) is 11.5 Å². The van der Waals surface area contributed by atoms with E-state index in [2.05, 4.69) is 15.6 Å². The molecule has 4 rings (SSSR count). The van der Waals surface area contributed by atoms with Crippen LogP contribution in [0.2, 0.25) is 0 Å². The van der Waals surface area contributed by atoms with Crippen LogP contribution >= 0.6 is 11.3 Å². The number of halogens is 1. The zero-order valence-electron chi connectivity index (χ0n) is 14.7. The Bertz CT molecular complexity index is 964. The summed E-state index contributed by atoms with van der Waals surface area (Å²) in [7, 11) is 1.90. The lowest BCUT2D eigenvalue weighted by atomic mass is 10.00. The van der Waals surface area contributed by atoms with Gasteiger partial charge in [0.15, 0.2) is 5.13 Å². The number of hydrogen-bond donors (Lipinski definition) is 2. The van der Waals surface area contributed by atoms with Crippen LogP contribution in [0.25, 0.3) is 21.3 Å². The monoisotopic (exact) mass is 369 g/mol. The van der Waals surface area contributed by atoms with E-state index < -0.39 is 0 Å². The molecule has 0 radical (unpaired) electrons. The highest BCUT2D eigenvalue weighted by molar-refractivity contribution is 7.22. The zero-order valence-corrected chi connectivity index (χ0v) is 15.5. The Hall–Kier alpha value is -2.31. The number of rotatable bonds is 5. The first-order valence-electron chi connectivity index (χ1n) is 8.68. The zero-order chi connectivity index (χ0) is 18.3. The lowest BCUT2D eigenvalue weighted by Gasteiger charge is -2.07. The lowest BCUT2D eigenvalue weighted by Crippen LogP contribution is -2.18. The highest BCUT2D eigenvalue weighted by Gasteiger charge is 2.42. The van der Waals surface area contributed by atoms with E-state index in [-0.39, 0.29) is 17.6 Å². The third-order valence-corrected chi connectivity index (χ3v) is 5.79. The number of anilines is 1. The van der Waals surface area contributed by atoms with E-state index in [4.69, 9.17) is 0 Å². The summed E-state index contributed by atoms with van der Waals surface area (Å²) in [5, 5.41) is 6.64. The molecule has 1 fully saturated rings. The van der Waals surface area contributed by atoms with Gasteiger partial charge in [-0.1, -0.05) is 29.5 Å². The van der Waals surface area contributed by atoms with Crippen LogP contribution in [0.1, 0.15) is 12.0 Å². The molecule has 1 saturated carbocycles. The van der Waals surface area contributed by atoms with E-state index in [9.17, 15) is 9.18 Å². The fourth-order valence-corrected chi connectivity index (χ4v) is 4.29. The largest absolute Gasteiger partial charge is 0.319 e. The van der Waals surface area contributed by atoms with Crippen LogP contribution in [0, 0.1) is 24.6 Å². The molecular formula is C20H20FN3OS. The van der Waals surface area contributed by atoms with Crippen molar-refractivity contribution in [3.8, 4) is 11.1 Å². The second kappa shape index (κ2) is 6.78. The van der Waals surface area contributed by atoms with Crippen molar-refractivity contribution in [2.24, 2.45) is 11.8 Å². The van der Waals surface area contributed by atoms with Crippen LogP contribution < -0.4 is 10.6 Å². The van der Waals surface area contributed by atoms with Crippen LogP contribution in [-0.2, 0) is 4.79 Å². The molecular weight excluding hydrogens is 349 g/mol. The molecule has 6 heteroatoms. The maximum absolute atomic E-state index is 14.2. The molecule has 3 aromatic rings. The van der Waals surface area contributed by atoms with Crippen molar-refractivity contribution < 1.29 is 9.18 Å². The molecule has 2 aromatic carbocycles. The number of carbonyl (C=O) groups is 1. The van der Waals surface area contributed by atoms with Gasteiger partial charge in [-0.15, -0.1) is 0 Å². The van der Waals surface area contributed by atoms with Gasteiger partial charge in [0.1, 0.15) is 5.82 Å². The fourth-order valence-electron chi connectivity index (χ4n) is 3.39. The predicted octanol–water partition coefficient (Wildman–Crippen LogP) is 4.20. The summed E-state index contributed by atoms with van der Waals surface area (Å²) < 4.78 is 15.2. The van der Waals surface area contributed by atoms with Crippen molar-refractivity contribution in [1.29, 1.82) is 0 Å². The number of aryl methyl sites for hydroxylation is 1. The van der Waals surface area contributed by atoms with Crippen molar-refractivity contribution in [2.75, 3.05) is 18.9 Å². The van der Waals surface area contributed by atoms with E-state index in [0.717, 1.165) is 34.3 Å². The Morgan fingerprint density at radius 1 is 1.35 bits per heavy atom. The van der Waals surface area contributed by atoms with Gasteiger partial charge in [-0.2, -0.15) is 0 Å².